The van der Waals surface area contributed by atoms with Gasteiger partial charge in [0.15, 0.2) is 0 Å². The van der Waals surface area contributed by atoms with Crippen molar-refractivity contribution in [3.05, 3.63) is 41.3 Å². The molecule has 182 valence electrons. The van der Waals surface area contributed by atoms with E-state index in [1.807, 2.05) is 10.8 Å². The number of carbonyl (C=O) groups excluding carboxylic acids is 1. The van der Waals surface area contributed by atoms with Crippen LogP contribution in [0.1, 0.15) is 61.1 Å². The van der Waals surface area contributed by atoms with Crippen LogP contribution >= 0.6 is 0 Å². The molecule has 10 heteroatoms. The third kappa shape index (κ3) is 3.92. The van der Waals surface area contributed by atoms with Crippen LogP contribution < -0.4 is 10.2 Å². The number of nitrogens with zero attached hydrogens (tertiary/aromatic N) is 5. The lowest BCUT2D eigenvalue weighted by Gasteiger charge is -2.32. The number of aromatic nitrogens is 2. The molecule has 0 bridgehead atoms. The first-order valence-electron chi connectivity index (χ1n) is 11.8. The monoisotopic (exact) mass is 474 g/mol. The van der Waals surface area contributed by atoms with Crippen LogP contribution in [0.15, 0.2) is 29.5 Å². The minimum atomic E-state index is -4.48. The first-order chi connectivity index (χ1) is 16.1. The molecule has 1 aliphatic carbocycles. The van der Waals surface area contributed by atoms with Crippen LogP contribution in [0.2, 0.25) is 0 Å². The smallest absolute Gasteiger partial charge is 0.368 e. The second kappa shape index (κ2) is 8.32. The van der Waals surface area contributed by atoms with Crippen molar-refractivity contribution in [2.24, 2.45) is 10.9 Å². The summed E-state index contributed by atoms with van der Waals surface area (Å²) in [5.41, 5.74) is 1.11. The van der Waals surface area contributed by atoms with Gasteiger partial charge in [0.2, 0.25) is 5.96 Å². The molecule has 34 heavy (non-hydrogen) atoms. The molecule has 1 saturated carbocycles. The number of hydrogen-bond donors (Lipinski definition) is 1. The lowest BCUT2D eigenvalue weighted by atomic mass is 10.1. The van der Waals surface area contributed by atoms with E-state index in [1.165, 1.54) is 12.3 Å². The molecule has 5 rings (SSSR count). The maximum atomic E-state index is 13.5. The van der Waals surface area contributed by atoms with Gasteiger partial charge in [-0.15, -0.1) is 0 Å². The number of alkyl halides is 3. The SMILES string of the molecule is CC(C)C1CN2C(=N1)N(C)C(=O)c1c2cn(Cc2ccc(C(F)(F)F)nc2)c1NC1CCCC1. The number of anilines is 2. The van der Waals surface area contributed by atoms with E-state index in [2.05, 4.69) is 29.0 Å². The largest absolute Gasteiger partial charge is 0.433 e. The lowest BCUT2D eigenvalue weighted by Crippen LogP contribution is -2.48. The molecule has 4 heterocycles. The van der Waals surface area contributed by atoms with Crippen LogP contribution in [0.4, 0.5) is 24.7 Å². The van der Waals surface area contributed by atoms with Gasteiger partial charge in [0, 0.05) is 32.0 Å². The van der Waals surface area contributed by atoms with Crippen LogP contribution in [0, 0.1) is 5.92 Å². The van der Waals surface area contributed by atoms with E-state index in [4.69, 9.17) is 4.99 Å². The average molecular weight is 475 g/mol. The standard InChI is InChI=1S/C24H29F3N6O/c1-14(2)17-12-33-18-13-32(11-15-8-9-19(28-10-15)24(25,26)27)21(29-16-6-4-5-7-16)20(18)22(34)31(3)23(33)30-17/h8-10,13-14,16-17,29H,4-7,11-12H2,1-3H3. The number of guanidine groups is 1. The summed E-state index contributed by atoms with van der Waals surface area (Å²) in [4.78, 5) is 25.6. The number of amides is 1. The number of carbonyl (C=O) groups is 1. The first-order valence-corrected chi connectivity index (χ1v) is 11.8. The Morgan fingerprint density at radius 3 is 2.56 bits per heavy atom. The zero-order valence-corrected chi connectivity index (χ0v) is 19.6. The van der Waals surface area contributed by atoms with E-state index in [0.717, 1.165) is 37.4 Å². The number of aliphatic imine (C=N–C) groups is 1. The van der Waals surface area contributed by atoms with E-state index in [9.17, 15) is 18.0 Å². The van der Waals surface area contributed by atoms with Crippen molar-refractivity contribution in [3.8, 4) is 0 Å². The van der Waals surface area contributed by atoms with Crippen LogP contribution in [0.5, 0.6) is 0 Å². The Bertz CT molecular complexity index is 1110. The fourth-order valence-electron chi connectivity index (χ4n) is 5.00. The number of hydrogen-bond acceptors (Lipinski definition) is 5. The summed E-state index contributed by atoms with van der Waals surface area (Å²) in [5, 5.41) is 3.59. The molecule has 0 aromatic carbocycles. The van der Waals surface area contributed by atoms with E-state index in [-0.39, 0.29) is 18.0 Å². The van der Waals surface area contributed by atoms with Crippen LogP contribution in [0.3, 0.4) is 0 Å². The molecule has 0 radical (unpaired) electrons. The van der Waals surface area contributed by atoms with Gasteiger partial charge in [-0.3, -0.25) is 14.7 Å². The minimum Gasteiger partial charge on any atom is -0.368 e. The van der Waals surface area contributed by atoms with E-state index in [1.54, 1.807) is 11.9 Å². The number of rotatable bonds is 5. The fraction of sp³-hybridized carbons (Fsp3) is 0.542. The zero-order chi connectivity index (χ0) is 24.2. The van der Waals surface area contributed by atoms with Crippen LogP contribution in [0.25, 0.3) is 0 Å². The predicted octanol–water partition coefficient (Wildman–Crippen LogP) is 4.59. The van der Waals surface area contributed by atoms with Crippen molar-refractivity contribution in [1.29, 1.82) is 0 Å². The summed E-state index contributed by atoms with van der Waals surface area (Å²) in [6, 6.07) is 2.79. The summed E-state index contributed by atoms with van der Waals surface area (Å²) < 4.78 is 40.8. The molecular weight excluding hydrogens is 445 g/mol. The molecule has 1 amide bonds. The number of halogens is 3. The molecular formula is C24H29F3N6O. The zero-order valence-electron chi connectivity index (χ0n) is 19.6. The third-order valence-electron chi connectivity index (χ3n) is 6.99. The van der Waals surface area contributed by atoms with Gasteiger partial charge < -0.3 is 14.8 Å². The summed E-state index contributed by atoms with van der Waals surface area (Å²) in [7, 11) is 1.75. The quantitative estimate of drug-likeness (QED) is 0.689. The van der Waals surface area contributed by atoms with Crippen molar-refractivity contribution in [2.45, 2.75) is 64.3 Å². The number of nitrogens with one attached hydrogen (secondary N) is 1. The van der Waals surface area contributed by atoms with Crippen LogP contribution in [-0.4, -0.2) is 52.0 Å². The molecule has 1 N–H and O–H groups in total. The van der Waals surface area contributed by atoms with E-state index in [0.29, 0.717) is 41.9 Å². The molecule has 3 aliphatic rings. The van der Waals surface area contributed by atoms with Crippen molar-refractivity contribution >= 4 is 23.4 Å². The molecule has 2 aliphatic heterocycles. The molecule has 2 aromatic rings. The molecule has 1 unspecified atom stereocenters. The maximum Gasteiger partial charge on any atom is 0.433 e. The van der Waals surface area contributed by atoms with Gasteiger partial charge in [0.05, 0.1) is 18.3 Å². The normalized spacial score (nSPS) is 20.7. The summed E-state index contributed by atoms with van der Waals surface area (Å²) >= 11 is 0. The highest BCUT2D eigenvalue weighted by atomic mass is 19.4. The summed E-state index contributed by atoms with van der Waals surface area (Å²) in [6.07, 6.45) is 3.03. The molecule has 1 fully saturated rings. The van der Waals surface area contributed by atoms with Crippen LogP contribution in [-0.2, 0) is 12.7 Å². The Labute approximate surface area is 196 Å². The van der Waals surface area contributed by atoms with Gasteiger partial charge >= 0.3 is 6.18 Å². The number of fused-ring (bicyclic) bond motifs is 3. The Balaban J connectivity index is 1.54. The molecule has 7 nitrogen and oxygen atoms in total. The highest BCUT2D eigenvalue weighted by Gasteiger charge is 2.42. The second-order valence-corrected chi connectivity index (χ2v) is 9.76. The predicted molar refractivity (Wildman–Crippen MR) is 124 cm³/mol. The van der Waals surface area contributed by atoms with Crippen molar-refractivity contribution in [2.75, 3.05) is 23.8 Å². The Morgan fingerprint density at radius 2 is 1.94 bits per heavy atom. The molecule has 1 atom stereocenters. The Kier molecular flexibility index (Phi) is 5.56. The lowest BCUT2D eigenvalue weighted by molar-refractivity contribution is -0.141. The molecule has 2 aromatic heterocycles. The van der Waals surface area contributed by atoms with E-state index < -0.39 is 11.9 Å². The Morgan fingerprint density at radius 1 is 1.21 bits per heavy atom. The fourth-order valence-corrected chi connectivity index (χ4v) is 5.00. The highest BCUT2D eigenvalue weighted by molar-refractivity contribution is 6.21. The molecule has 0 saturated heterocycles. The van der Waals surface area contributed by atoms with Gasteiger partial charge in [0.25, 0.3) is 5.91 Å². The van der Waals surface area contributed by atoms with Gasteiger partial charge in [-0.05, 0) is 30.4 Å². The van der Waals surface area contributed by atoms with Gasteiger partial charge in [-0.25, -0.2) is 4.99 Å². The Hall–Kier alpha value is -3.04. The first kappa shape index (κ1) is 22.7. The van der Waals surface area contributed by atoms with Crippen molar-refractivity contribution < 1.29 is 18.0 Å². The second-order valence-electron chi connectivity index (χ2n) is 9.76. The number of pyridine rings is 1. The van der Waals surface area contributed by atoms with Gasteiger partial charge in [0.1, 0.15) is 17.1 Å². The average Bonchev–Trinajstić information content (AvgIpc) is 3.52. The highest BCUT2D eigenvalue weighted by Crippen LogP contribution is 2.40. The summed E-state index contributed by atoms with van der Waals surface area (Å²) in [5.74, 6) is 1.57. The van der Waals surface area contributed by atoms with E-state index >= 15 is 0 Å². The van der Waals surface area contributed by atoms with Gasteiger partial charge in [-0.2, -0.15) is 13.2 Å². The minimum absolute atomic E-state index is 0.0879. The van der Waals surface area contributed by atoms with Crippen molar-refractivity contribution in [1.82, 2.24) is 14.5 Å². The summed E-state index contributed by atoms with van der Waals surface area (Å²) in [6.45, 7) is 5.22. The van der Waals surface area contributed by atoms with Crippen molar-refractivity contribution in [3.63, 3.8) is 0 Å². The third-order valence-corrected chi connectivity index (χ3v) is 6.99. The maximum absolute atomic E-state index is 13.5. The molecule has 0 spiro atoms. The topological polar surface area (TPSA) is 65.8 Å². The van der Waals surface area contributed by atoms with Gasteiger partial charge in [-0.1, -0.05) is 32.8 Å².